The van der Waals surface area contributed by atoms with Gasteiger partial charge in [0.1, 0.15) is 5.75 Å². The quantitative estimate of drug-likeness (QED) is 0.436. The standard InChI is InChI=1S/C25H23NO3/c1-18-15-23-24(29-17-25(27)28-2)13-8-14-26(23)22(18)16-20-11-6-7-12-21(20)19-9-4-3-5-10-19/h3-15H,16-17H2,1-2H3. The van der Waals surface area contributed by atoms with Crippen LogP contribution in [0, 0.1) is 6.92 Å². The summed E-state index contributed by atoms with van der Waals surface area (Å²) >= 11 is 0. The van der Waals surface area contributed by atoms with Gasteiger partial charge in [-0.1, -0.05) is 54.6 Å². The van der Waals surface area contributed by atoms with Crippen LogP contribution in [0.5, 0.6) is 5.75 Å². The normalized spacial score (nSPS) is 10.8. The van der Waals surface area contributed by atoms with Gasteiger partial charge in [-0.25, -0.2) is 4.79 Å². The van der Waals surface area contributed by atoms with Crippen molar-refractivity contribution in [3.8, 4) is 16.9 Å². The van der Waals surface area contributed by atoms with Gasteiger partial charge < -0.3 is 13.9 Å². The lowest BCUT2D eigenvalue weighted by atomic mass is 9.96. The van der Waals surface area contributed by atoms with E-state index in [1.807, 2.05) is 24.4 Å². The van der Waals surface area contributed by atoms with Gasteiger partial charge in [0.2, 0.25) is 0 Å². The molecule has 146 valence electrons. The number of carbonyl (C=O) groups excluding carboxylic acids is 1. The van der Waals surface area contributed by atoms with Crippen LogP contribution in [0.4, 0.5) is 0 Å². The summed E-state index contributed by atoms with van der Waals surface area (Å²) in [6, 6.07) is 24.9. The van der Waals surface area contributed by atoms with E-state index in [-0.39, 0.29) is 6.61 Å². The minimum absolute atomic E-state index is 0.105. The average molecular weight is 385 g/mol. The highest BCUT2D eigenvalue weighted by Gasteiger charge is 2.14. The maximum atomic E-state index is 11.5. The first kappa shape index (κ1) is 18.8. The van der Waals surface area contributed by atoms with E-state index in [0.29, 0.717) is 5.75 Å². The van der Waals surface area contributed by atoms with E-state index in [0.717, 1.165) is 11.9 Å². The second-order valence-corrected chi connectivity index (χ2v) is 6.97. The predicted molar refractivity (Wildman–Crippen MR) is 114 cm³/mol. The zero-order chi connectivity index (χ0) is 20.2. The molecule has 2 heterocycles. The van der Waals surface area contributed by atoms with Crippen LogP contribution in [-0.4, -0.2) is 24.1 Å². The molecule has 0 N–H and O–H groups in total. The van der Waals surface area contributed by atoms with Crippen molar-refractivity contribution in [2.45, 2.75) is 13.3 Å². The molecule has 4 aromatic rings. The molecular weight excluding hydrogens is 362 g/mol. The number of fused-ring (bicyclic) bond motifs is 1. The van der Waals surface area contributed by atoms with E-state index in [1.54, 1.807) is 0 Å². The fourth-order valence-corrected chi connectivity index (χ4v) is 3.65. The van der Waals surface area contributed by atoms with E-state index >= 15 is 0 Å². The number of methoxy groups -OCH3 is 1. The monoisotopic (exact) mass is 385 g/mol. The Labute approximate surface area is 170 Å². The third-order valence-corrected chi connectivity index (χ3v) is 5.13. The highest BCUT2D eigenvalue weighted by Crippen LogP contribution is 2.30. The van der Waals surface area contributed by atoms with Crippen molar-refractivity contribution in [2.24, 2.45) is 0 Å². The number of esters is 1. The number of carbonyl (C=O) groups is 1. The molecule has 0 spiro atoms. The molecule has 2 aromatic carbocycles. The molecule has 4 nitrogen and oxygen atoms in total. The maximum Gasteiger partial charge on any atom is 0.343 e. The molecule has 4 rings (SSSR count). The minimum Gasteiger partial charge on any atom is -0.480 e. The second-order valence-electron chi connectivity index (χ2n) is 6.97. The third-order valence-electron chi connectivity index (χ3n) is 5.13. The summed E-state index contributed by atoms with van der Waals surface area (Å²) in [5, 5.41) is 0. The molecule has 2 aromatic heterocycles. The predicted octanol–water partition coefficient (Wildman–Crippen LogP) is 5.06. The van der Waals surface area contributed by atoms with Crippen LogP contribution < -0.4 is 4.74 Å². The Morgan fingerprint density at radius 2 is 1.72 bits per heavy atom. The smallest absolute Gasteiger partial charge is 0.343 e. The van der Waals surface area contributed by atoms with Crippen LogP contribution in [0.15, 0.2) is 79.0 Å². The molecular formula is C25H23NO3. The summed E-state index contributed by atoms with van der Waals surface area (Å²) in [5.74, 6) is 0.274. The van der Waals surface area contributed by atoms with Crippen LogP contribution in [0.3, 0.4) is 0 Å². The van der Waals surface area contributed by atoms with Crippen LogP contribution in [-0.2, 0) is 16.0 Å². The number of nitrogens with zero attached hydrogens (tertiary/aromatic N) is 1. The second kappa shape index (κ2) is 8.23. The number of aromatic nitrogens is 1. The van der Waals surface area contributed by atoms with Gasteiger partial charge in [-0.3, -0.25) is 0 Å². The maximum absolute atomic E-state index is 11.5. The number of hydrogen-bond donors (Lipinski definition) is 0. The summed E-state index contributed by atoms with van der Waals surface area (Å²) in [6.07, 6.45) is 2.83. The lowest BCUT2D eigenvalue weighted by Crippen LogP contribution is -2.12. The Kier molecular flexibility index (Phi) is 5.34. The lowest BCUT2D eigenvalue weighted by molar-refractivity contribution is -0.142. The van der Waals surface area contributed by atoms with Crippen LogP contribution in [0.25, 0.3) is 16.6 Å². The largest absolute Gasteiger partial charge is 0.480 e. The zero-order valence-corrected chi connectivity index (χ0v) is 16.6. The summed E-state index contributed by atoms with van der Waals surface area (Å²) in [4.78, 5) is 11.5. The summed E-state index contributed by atoms with van der Waals surface area (Å²) < 4.78 is 12.5. The highest BCUT2D eigenvalue weighted by atomic mass is 16.6. The molecule has 29 heavy (non-hydrogen) atoms. The van der Waals surface area contributed by atoms with Gasteiger partial charge in [-0.15, -0.1) is 0 Å². The Morgan fingerprint density at radius 3 is 2.52 bits per heavy atom. The molecule has 0 aliphatic carbocycles. The SMILES string of the molecule is COC(=O)COc1cccn2c(Cc3ccccc3-c3ccccc3)c(C)cc12. The Hall–Kier alpha value is -3.53. The van der Waals surface area contributed by atoms with Gasteiger partial charge in [0.15, 0.2) is 6.61 Å². The number of hydrogen-bond acceptors (Lipinski definition) is 3. The van der Waals surface area contributed by atoms with Crippen molar-refractivity contribution in [2.75, 3.05) is 13.7 Å². The van der Waals surface area contributed by atoms with E-state index in [9.17, 15) is 4.79 Å². The molecule has 0 radical (unpaired) electrons. The highest BCUT2D eigenvalue weighted by molar-refractivity contribution is 5.72. The first-order chi connectivity index (χ1) is 14.2. The molecule has 0 aliphatic heterocycles. The van der Waals surface area contributed by atoms with E-state index in [2.05, 4.69) is 70.7 Å². The number of aryl methyl sites for hydroxylation is 1. The topological polar surface area (TPSA) is 39.9 Å². The number of ether oxygens (including phenoxy) is 2. The van der Waals surface area contributed by atoms with Crippen molar-refractivity contribution in [1.82, 2.24) is 4.40 Å². The van der Waals surface area contributed by atoms with Gasteiger partial charge in [0.25, 0.3) is 0 Å². The Balaban J connectivity index is 1.71. The summed E-state index contributed by atoms with van der Waals surface area (Å²) in [6.45, 7) is 2.00. The first-order valence-electron chi connectivity index (χ1n) is 9.60. The van der Waals surface area contributed by atoms with Crippen molar-refractivity contribution in [1.29, 1.82) is 0 Å². The van der Waals surface area contributed by atoms with Gasteiger partial charge in [-0.2, -0.15) is 0 Å². The van der Waals surface area contributed by atoms with Crippen molar-refractivity contribution in [3.05, 3.63) is 95.8 Å². The third kappa shape index (κ3) is 3.87. The lowest BCUT2D eigenvalue weighted by Gasteiger charge is -2.12. The van der Waals surface area contributed by atoms with E-state index in [1.165, 1.54) is 35.1 Å². The van der Waals surface area contributed by atoms with Gasteiger partial charge in [0.05, 0.1) is 12.6 Å². The summed E-state index contributed by atoms with van der Waals surface area (Å²) in [7, 11) is 1.36. The zero-order valence-electron chi connectivity index (χ0n) is 16.6. The van der Waals surface area contributed by atoms with Gasteiger partial charge in [-0.05, 0) is 47.4 Å². The first-order valence-corrected chi connectivity index (χ1v) is 9.60. The Morgan fingerprint density at radius 1 is 0.966 bits per heavy atom. The van der Waals surface area contributed by atoms with Crippen molar-refractivity contribution < 1.29 is 14.3 Å². The fourth-order valence-electron chi connectivity index (χ4n) is 3.65. The van der Waals surface area contributed by atoms with Gasteiger partial charge >= 0.3 is 5.97 Å². The number of benzene rings is 2. The molecule has 0 amide bonds. The molecule has 0 unspecified atom stereocenters. The van der Waals surface area contributed by atoms with Crippen LogP contribution in [0.1, 0.15) is 16.8 Å². The molecule has 0 bridgehead atoms. The molecule has 0 fully saturated rings. The summed E-state index contributed by atoms with van der Waals surface area (Å²) in [5.41, 5.74) is 7.04. The Bertz CT molecular complexity index is 1150. The van der Waals surface area contributed by atoms with Crippen LogP contribution >= 0.6 is 0 Å². The molecule has 0 saturated carbocycles. The van der Waals surface area contributed by atoms with Crippen molar-refractivity contribution >= 4 is 11.5 Å². The molecule has 0 saturated heterocycles. The molecule has 0 aliphatic rings. The molecule has 4 heteroatoms. The van der Waals surface area contributed by atoms with Crippen molar-refractivity contribution in [3.63, 3.8) is 0 Å². The fraction of sp³-hybridized carbons (Fsp3) is 0.160. The van der Waals surface area contributed by atoms with E-state index in [4.69, 9.17) is 4.74 Å². The molecule has 0 atom stereocenters. The number of rotatable bonds is 6. The van der Waals surface area contributed by atoms with Crippen LogP contribution in [0.2, 0.25) is 0 Å². The average Bonchev–Trinajstić information content (AvgIpc) is 3.08. The van der Waals surface area contributed by atoms with Gasteiger partial charge in [0, 0.05) is 18.3 Å². The number of pyridine rings is 1. The van der Waals surface area contributed by atoms with E-state index < -0.39 is 5.97 Å². The minimum atomic E-state index is -0.396.